The highest BCUT2D eigenvalue weighted by atomic mass is 32.1. The van der Waals surface area contributed by atoms with Gasteiger partial charge in [-0.2, -0.15) is 16.4 Å². The van der Waals surface area contributed by atoms with E-state index in [1.165, 1.54) is 0 Å². The molecule has 138 valence electrons. The fourth-order valence-electron chi connectivity index (χ4n) is 3.46. The van der Waals surface area contributed by atoms with Crippen molar-refractivity contribution in [2.24, 2.45) is 0 Å². The first kappa shape index (κ1) is 16.1. The Balaban J connectivity index is 1.53. The normalized spacial score (nSPS) is 11.4. The molecule has 29 heavy (non-hydrogen) atoms. The second-order valence-electron chi connectivity index (χ2n) is 6.58. The van der Waals surface area contributed by atoms with E-state index in [1.54, 1.807) is 36.1 Å². The van der Waals surface area contributed by atoms with Gasteiger partial charge in [0.15, 0.2) is 5.82 Å². The van der Waals surface area contributed by atoms with E-state index in [4.69, 9.17) is 4.98 Å². The van der Waals surface area contributed by atoms with Crippen LogP contribution in [0.4, 0.5) is 0 Å². The molecule has 6 aromatic rings. The van der Waals surface area contributed by atoms with Gasteiger partial charge in [-0.3, -0.25) is 20.1 Å². The van der Waals surface area contributed by atoms with Crippen molar-refractivity contribution in [2.75, 3.05) is 0 Å². The number of pyridine rings is 1. The van der Waals surface area contributed by atoms with Crippen LogP contribution in [0.5, 0.6) is 0 Å². The highest BCUT2D eigenvalue weighted by Gasteiger charge is 2.16. The Morgan fingerprint density at radius 2 is 1.86 bits per heavy atom. The molecule has 0 radical (unpaired) electrons. The standard InChI is InChI=1S/C21H13N7S/c1-2-15-14(9-12(1)17-10-22-6-7-23-17)19(28-27-15)21-25-16-3-5-24-18(20(16)26-21)13-4-8-29-11-13/h1-11H,(H,25,26)(H,27,28). The molecular weight excluding hydrogens is 382 g/mol. The Kier molecular flexibility index (Phi) is 3.50. The van der Waals surface area contributed by atoms with Gasteiger partial charge in [0.1, 0.15) is 11.2 Å². The van der Waals surface area contributed by atoms with Crippen molar-refractivity contribution in [1.82, 2.24) is 35.1 Å². The lowest BCUT2D eigenvalue weighted by molar-refractivity contribution is 1.11. The van der Waals surface area contributed by atoms with Crippen molar-refractivity contribution in [2.45, 2.75) is 0 Å². The summed E-state index contributed by atoms with van der Waals surface area (Å²) in [5, 5.41) is 12.7. The van der Waals surface area contributed by atoms with E-state index >= 15 is 0 Å². The molecule has 5 heterocycles. The summed E-state index contributed by atoms with van der Waals surface area (Å²) < 4.78 is 0. The molecule has 0 aliphatic rings. The van der Waals surface area contributed by atoms with Crippen LogP contribution in [0.15, 0.2) is 65.9 Å². The number of nitrogens with one attached hydrogen (secondary N) is 2. The predicted octanol–water partition coefficient (Wildman–Crippen LogP) is 4.69. The second kappa shape index (κ2) is 6.32. The first-order valence-corrected chi connectivity index (χ1v) is 9.93. The average Bonchev–Trinajstić information content (AvgIpc) is 3.52. The zero-order valence-electron chi connectivity index (χ0n) is 15.0. The summed E-state index contributed by atoms with van der Waals surface area (Å²) in [7, 11) is 0. The minimum absolute atomic E-state index is 0.701. The lowest BCUT2D eigenvalue weighted by Crippen LogP contribution is -1.85. The molecule has 2 N–H and O–H groups in total. The predicted molar refractivity (Wildman–Crippen MR) is 113 cm³/mol. The number of aromatic nitrogens is 7. The molecule has 8 heteroatoms. The molecule has 0 spiro atoms. The van der Waals surface area contributed by atoms with Gasteiger partial charge in [-0.25, -0.2) is 4.98 Å². The molecule has 0 atom stereocenters. The summed E-state index contributed by atoms with van der Waals surface area (Å²) in [6.45, 7) is 0. The fourth-order valence-corrected chi connectivity index (χ4v) is 4.10. The molecule has 1 aromatic carbocycles. The number of nitrogens with zero attached hydrogens (tertiary/aromatic N) is 5. The summed E-state index contributed by atoms with van der Waals surface area (Å²) in [5.74, 6) is 0.701. The lowest BCUT2D eigenvalue weighted by atomic mass is 10.1. The van der Waals surface area contributed by atoms with E-state index in [2.05, 4.69) is 47.6 Å². The first-order chi connectivity index (χ1) is 14.4. The molecule has 0 saturated heterocycles. The number of hydrogen-bond donors (Lipinski definition) is 2. The summed E-state index contributed by atoms with van der Waals surface area (Å²) >= 11 is 1.64. The molecule has 6 rings (SSSR count). The van der Waals surface area contributed by atoms with Gasteiger partial charge < -0.3 is 4.98 Å². The Bertz CT molecular complexity index is 1450. The number of thiophene rings is 1. The number of aromatic amines is 2. The number of benzene rings is 1. The maximum atomic E-state index is 4.84. The van der Waals surface area contributed by atoms with Gasteiger partial charge in [0.2, 0.25) is 0 Å². The summed E-state index contributed by atoms with van der Waals surface area (Å²) in [6.07, 6.45) is 6.90. The van der Waals surface area contributed by atoms with Crippen LogP contribution in [0.2, 0.25) is 0 Å². The highest BCUT2D eigenvalue weighted by molar-refractivity contribution is 7.08. The van der Waals surface area contributed by atoms with Crippen LogP contribution in [0.25, 0.3) is 56.0 Å². The number of H-pyrrole nitrogens is 2. The van der Waals surface area contributed by atoms with Crippen LogP contribution in [-0.2, 0) is 0 Å². The molecule has 0 aliphatic heterocycles. The van der Waals surface area contributed by atoms with Crippen LogP contribution < -0.4 is 0 Å². The van der Waals surface area contributed by atoms with Crippen molar-refractivity contribution in [3.8, 4) is 34.0 Å². The maximum absolute atomic E-state index is 4.84. The van der Waals surface area contributed by atoms with Crippen LogP contribution in [0.3, 0.4) is 0 Å². The molecule has 0 amide bonds. The van der Waals surface area contributed by atoms with Crippen molar-refractivity contribution >= 4 is 33.3 Å². The third-order valence-electron chi connectivity index (χ3n) is 4.84. The van der Waals surface area contributed by atoms with E-state index in [0.717, 1.165) is 50.1 Å². The number of rotatable bonds is 3. The third-order valence-corrected chi connectivity index (χ3v) is 5.52. The van der Waals surface area contributed by atoms with E-state index in [1.807, 2.05) is 23.6 Å². The number of hydrogen-bond acceptors (Lipinski definition) is 6. The zero-order chi connectivity index (χ0) is 19.2. The molecular formula is C21H13N7S. The number of fused-ring (bicyclic) bond motifs is 2. The van der Waals surface area contributed by atoms with Crippen LogP contribution >= 0.6 is 11.3 Å². The smallest absolute Gasteiger partial charge is 0.159 e. The molecule has 0 bridgehead atoms. The van der Waals surface area contributed by atoms with Gasteiger partial charge >= 0.3 is 0 Å². The first-order valence-electron chi connectivity index (χ1n) is 8.99. The van der Waals surface area contributed by atoms with E-state index in [0.29, 0.717) is 5.82 Å². The Labute approximate surface area is 168 Å². The van der Waals surface area contributed by atoms with Gasteiger partial charge in [-0.05, 0) is 29.6 Å². The maximum Gasteiger partial charge on any atom is 0.159 e. The highest BCUT2D eigenvalue weighted by Crippen LogP contribution is 2.32. The monoisotopic (exact) mass is 395 g/mol. The van der Waals surface area contributed by atoms with Crippen molar-refractivity contribution in [3.63, 3.8) is 0 Å². The molecule has 0 aliphatic carbocycles. The fraction of sp³-hybridized carbons (Fsp3) is 0. The second-order valence-corrected chi connectivity index (χ2v) is 7.36. The van der Waals surface area contributed by atoms with E-state index in [-0.39, 0.29) is 0 Å². The largest absolute Gasteiger partial charge is 0.336 e. The summed E-state index contributed by atoms with van der Waals surface area (Å²) in [4.78, 5) is 21.3. The van der Waals surface area contributed by atoms with Crippen molar-refractivity contribution in [1.29, 1.82) is 0 Å². The molecule has 5 aromatic heterocycles. The van der Waals surface area contributed by atoms with Crippen molar-refractivity contribution in [3.05, 3.63) is 65.9 Å². The van der Waals surface area contributed by atoms with E-state index < -0.39 is 0 Å². The zero-order valence-corrected chi connectivity index (χ0v) is 15.8. The molecule has 7 nitrogen and oxygen atoms in total. The molecule has 0 saturated carbocycles. The van der Waals surface area contributed by atoms with Gasteiger partial charge in [-0.15, -0.1) is 0 Å². The number of imidazole rings is 1. The summed E-state index contributed by atoms with van der Waals surface area (Å²) in [6, 6.07) is 10.0. The third kappa shape index (κ3) is 2.61. The van der Waals surface area contributed by atoms with Crippen LogP contribution in [0, 0.1) is 0 Å². The Morgan fingerprint density at radius 1 is 0.862 bits per heavy atom. The minimum atomic E-state index is 0.701. The average molecular weight is 395 g/mol. The summed E-state index contributed by atoms with van der Waals surface area (Å²) in [5.41, 5.74) is 7.18. The van der Waals surface area contributed by atoms with Gasteiger partial charge in [-0.1, -0.05) is 6.07 Å². The molecule has 0 fully saturated rings. The van der Waals surface area contributed by atoms with Gasteiger partial charge in [0, 0.05) is 40.5 Å². The van der Waals surface area contributed by atoms with E-state index in [9.17, 15) is 0 Å². The minimum Gasteiger partial charge on any atom is -0.336 e. The van der Waals surface area contributed by atoms with Crippen LogP contribution in [0.1, 0.15) is 0 Å². The SMILES string of the molecule is c1cnc(-c2ccc3[nH]nc(-c4nc5c(-c6ccsc6)nccc5[nH]4)c3c2)cn1. The quantitative estimate of drug-likeness (QED) is 0.453. The van der Waals surface area contributed by atoms with Crippen molar-refractivity contribution < 1.29 is 0 Å². The lowest BCUT2D eigenvalue weighted by Gasteiger charge is -2.00. The topological polar surface area (TPSA) is 96.0 Å². The van der Waals surface area contributed by atoms with Gasteiger partial charge in [0.05, 0.1) is 28.6 Å². The molecule has 0 unspecified atom stereocenters. The Hall–Kier alpha value is -3.91. The Morgan fingerprint density at radius 3 is 2.72 bits per heavy atom. The van der Waals surface area contributed by atoms with Gasteiger partial charge in [0.25, 0.3) is 0 Å². The van der Waals surface area contributed by atoms with Crippen LogP contribution in [-0.4, -0.2) is 35.1 Å².